The molecule has 2 aromatic carbocycles. The van der Waals surface area contributed by atoms with Crippen molar-refractivity contribution in [3.63, 3.8) is 0 Å². The molecule has 0 unspecified atom stereocenters. The second-order valence-electron chi connectivity index (χ2n) is 3.86. The molecule has 0 aliphatic rings. The van der Waals surface area contributed by atoms with Gasteiger partial charge in [-0.05, 0) is 30.3 Å². The highest BCUT2D eigenvalue weighted by atomic mass is 19.1. The molecule has 0 radical (unpaired) electrons. The van der Waals surface area contributed by atoms with E-state index in [1.165, 1.54) is 31.3 Å². The van der Waals surface area contributed by atoms with Crippen LogP contribution in [0.1, 0.15) is 10.4 Å². The number of nitrogens with two attached hydrogens (primary N) is 1. The summed E-state index contributed by atoms with van der Waals surface area (Å²) in [6.45, 7) is 0. The number of carbonyl (C=O) groups excluding carboxylic acids is 1. The van der Waals surface area contributed by atoms with Gasteiger partial charge in [0.25, 0.3) is 5.91 Å². The molecule has 0 saturated carbocycles. The summed E-state index contributed by atoms with van der Waals surface area (Å²) in [7, 11) is 1.53. The van der Waals surface area contributed by atoms with Crippen molar-refractivity contribution in [1.29, 1.82) is 0 Å². The number of carbonyl (C=O) groups is 1. The molecule has 1 amide bonds. The number of anilines is 1. The number of ether oxygens (including phenoxy) is 1. The lowest BCUT2D eigenvalue weighted by atomic mass is 10.2. The van der Waals surface area contributed by atoms with Gasteiger partial charge in [0.2, 0.25) is 0 Å². The maximum Gasteiger partial charge on any atom is 0.251 e. The first-order valence-electron chi connectivity index (χ1n) is 5.66. The molecule has 0 atom stereocenters. The van der Waals surface area contributed by atoms with E-state index in [-0.39, 0.29) is 17.3 Å². The zero-order valence-corrected chi connectivity index (χ0v) is 10.3. The topological polar surface area (TPSA) is 64.3 Å². The van der Waals surface area contributed by atoms with Gasteiger partial charge in [0.15, 0.2) is 17.3 Å². The molecule has 5 heteroatoms. The second-order valence-corrected chi connectivity index (χ2v) is 3.86. The predicted molar refractivity (Wildman–Crippen MR) is 70.7 cm³/mol. The van der Waals surface area contributed by atoms with Crippen molar-refractivity contribution >= 4 is 11.6 Å². The van der Waals surface area contributed by atoms with E-state index in [4.69, 9.17) is 10.5 Å². The van der Waals surface area contributed by atoms with Gasteiger partial charge in [0.1, 0.15) is 0 Å². The van der Waals surface area contributed by atoms with Crippen LogP contribution in [0.15, 0.2) is 42.5 Å². The van der Waals surface area contributed by atoms with E-state index in [1.807, 2.05) is 0 Å². The first-order valence-corrected chi connectivity index (χ1v) is 5.66. The van der Waals surface area contributed by atoms with E-state index in [0.717, 1.165) is 0 Å². The highest BCUT2D eigenvalue weighted by Gasteiger charge is 2.09. The molecule has 0 aliphatic carbocycles. The first kappa shape index (κ1) is 12.9. The number of nitrogens with one attached hydrogen (secondary N) is 1. The average Bonchev–Trinajstić information content (AvgIpc) is 2.42. The van der Waals surface area contributed by atoms with Gasteiger partial charge in [0, 0.05) is 12.6 Å². The number of amides is 1. The van der Waals surface area contributed by atoms with Gasteiger partial charge in [0.05, 0.1) is 5.69 Å². The lowest BCUT2D eigenvalue weighted by Crippen LogP contribution is -2.17. The highest BCUT2D eigenvalue weighted by Crippen LogP contribution is 2.29. The Hall–Kier alpha value is -2.56. The van der Waals surface area contributed by atoms with Crippen LogP contribution in [0.5, 0.6) is 11.5 Å². The molecule has 98 valence electrons. The van der Waals surface area contributed by atoms with Crippen molar-refractivity contribution in [2.24, 2.45) is 0 Å². The molecular weight excluding hydrogens is 247 g/mol. The van der Waals surface area contributed by atoms with Crippen molar-refractivity contribution in [3.8, 4) is 11.5 Å². The number of nitrogen functional groups attached to an aromatic ring is 1. The second kappa shape index (κ2) is 5.39. The number of para-hydroxylation sites is 1. The maximum atomic E-state index is 13.4. The lowest BCUT2D eigenvalue weighted by molar-refractivity contribution is 0.0963. The van der Waals surface area contributed by atoms with E-state index < -0.39 is 5.82 Å². The summed E-state index contributed by atoms with van der Waals surface area (Å²) < 4.78 is 18.8. The van der Waals surface area contributed by atoms with Gasteiger partial charge in [-0.3, -0.25) is 4.79 Å². The number of halogens is 1. The third kappa shape index (κ3) is 2.82. The van der Waals surface area contributed by atoms with Crippen LogP contribution in [0.4, 0.5) is 10.1 Å². The monoisotopic (exact) mass is 260 g/mol. The van der Waals surface area contributed by atoms with Crippen LogP contribution in [-0.4, -0.2) is 13.0 Å². The molecule has 0 aliphatic heterocycles. The Morgan fingerprint density at radius 2 is 1.95 bits per heavy atom. The minimum atomic E-state index is -0.475. The smallest absolute Gasteiger partial charge is 0.251 e. The minimum Gasteiger partial charge on any atom is -0.452 e. The van der Waals surface area contributed by atoms with Crippen LogP contribution in [0.3, 0.4) is 0 Å². The number of hydrogen-bond acceptors (Lipinski definition) is 3. The standard InChI is InChI=1S/C14H13FN2O2/c1-17-14(18)9-6-7-13(11(16)8-9)19-12-5-3-2-4-10(12)15/h2-8H,16H2,1H3,(H,17,18). The Bertz CT molecular complexity index is 614. The molecule has 0 saturated heterocycles. The highest BCUT2D eigenvalue weighted by molar-refractivity contribution is 5.95. The van der Waals surface area contributed by atoms with Crippen molar-refractivity contribution < 1.29 is 13.9 Å². The zero-order valence-electron chi connectivity index (χ0n) is 10.3. The fourth-order valence-corrected chi connectivity index (χ4v) is 1.57. The Labute approximate surface area is 110 Å². The molecule has 2 aromatic rings. The summed E-state index contributed by atoms with van der Waals surface area (Å²) in [6.07, 6.45) is 0. The predicted octanol–water partition coefficient (Wildman–Crippen LogP) is 2.56. The molecule has 0 fully saturated rings. The van der Waals surface area contributed by atoms with Crippen molar-refractivity contribution in [1.82, 2.24) is 5.32 Å². The fraction of sp³-hybridized carbons (Fsp3) is 0.0714. The van der Waals surface area contributed by atoms with Gasteiger partial charge in [-0.25, -0.2) is 4.39 Å². The molecule has 0 heterocycles. The summed E-state index contributed by atoms with van der Waals surface area (Å²) in [5.41, 5.74) is 6.47. The van der Waals surface area contributed by atoms with Crippen molar-refractivity contribution in [2.75, 3.05) is 12.8 Å². The summed E-state index contributed by atoms with van der Waals surface area (Å²) >= 11 is 0. The molecule has 19 heavy (non-hydrogen) atoms. The number of benzene rings is 2. The van der Waals surface area contributed by atoms with Crippen molar-refractivity contribution in [2.45, 2.75) is 0 Å². The van der Waals surface area contributed by atoms with E-state index in [1.54, 1.807) is 18.2 Å². The van der Waals surface area contributed by atoms with E-state index in [0.29, 0.717) is 11.3 Å². The lowest BCUT2D eigenvalue weighted by Gasteiger charge is -2.10. The van der Waals surface area contributed by atoms with Crippen molar-refractivity contribution in [3.05, 3.63) is 53.8 Å². The van der Waals surface area contributed by atoms with E-state index in [9.17, 15) is 9.18 Å². The van der Waals surface area contributed by atoms with Crippen LogP contribution in [0, 0.1) is 5.82 Å². The normalized spacial score (nSPS) is 10.0. The average molecular weight is 260 g/mol. The molecule has 4 nitrogen and oxygen atoms in total. The number of hydrogen-bond donors (Lipinski definition) is 2. The van der Waals surface area contributed by atoms with Gasteiger partial charge in [-0.1, -0.05) is 12.1 Å². The maximum absolute atomic E-state index is 13.4. The van der Waals surface area contributed by atoms with Gasteiger partial charge in [-0.2, -0.15) is 0 Å². The summed E-state index contributed by atoms with van der Waals surface area (Å²) in [5.74, 6) is -0.332. The Morgan fingerprint density at radius 3 is 2.58 bits per heavy atom. The quantitative estimate of drug-likeness (QED) is 0.833. The SMILES string of the molecule is CNC(=O)c1ccc(Oc2ccccc2F)c(N)c1. The van der Waals surface area contributed by atoms with Crippen LogP contribution in [0.25, 0.3) is 0 Å². The number of rotatable bonds is 3. The van der Waals surface area contributed by atoms with E-state index >= 15 is 0 Å². The van der Waals surface area contributed by atoms with Crippen LogP contribution in [-0.2, 0) is 0 Å². The molecule has 0 aromatic heterocycles. The van der Waals surface area contributed by atoms with Crippen LogP contribution in [0.2, 0.25) is 0 Å². The first-order chi connectivity index (χ1) is 9.11. The molecule has 2 rings (SSSR count). The summed E-state index contributed by atoms with van der Waals surface area (Å²) in [4.78, 5) is 11.4. The van der Waals surface area contributed by atoms with Gasteiger partial charge in [-0.15, -0.1) is 0 Å². The molecular formula is C14H13FN2O2. The molecule has 0 bridgehead atoms. The van der Waals surface area contributed by atoms with Crippen LogP contribution >= 0.6 is 0 Å². The zero-order chi connectivity index (χ0) is 13.8. The third-order valence-electron chi connectivity index (χ3n) is 2.56. The summed E-state index contributed by atoms with van der Waals surface area (Å²) in [5, 5.41) is 2.49. The molecule has 0 spiro atoms. The third-order valence-corrected chi connectivity index (χ3v) is 2.56. The van der Waals surface area contributed by atoms with Gasteiger partial charge >= 0.3 is 0 Å². The Morgan fingerprint density at radius 1 is 1.21 bits per heavy atom. The minimum absolute atomic E-state index is 0.0851. The van der Waals surface area contributed by atoms with E-state index in [2.05, 4.69) is 5.32 Å². The van der Waals surface area contributed by atoms with Gasteiger partial charge < -0.3 is 15.8 Å². The molecule has 3 N–H and O–H groups in total. The summed E-state index contributed by atoms with van der Waals surface area (Å²) in [6, 6.07) is 10.6. The largest absolute Gasteiger partial charge is 0.452 e. The fourth-order valence-electron chi connectivity index (χ4n) is 1.57. The Balaban J connectivity index is 2.27. The Kier molecular flexibility index (Phi) is 3.66. The van der Waals surface area contributed by atoms with Crippen LogP contribution < -0.4 is 15.8 Å².